The standard InChI is InChI=1S/C11H10ClNO2/c1-2-15-11(14)10-9-7(6-13-10)4-3-5-8(9)12/h3-6,13H,2H2,1H3. The minimum atomic E-state index is -0.374. The summed E-state index contributed by atoms with van der Waals surface area (Å²) in [4.78, 5) is 14.4. The van der Waals surface area contributed by atoms with E-state index in [0.29, 0.717) is 17.3 Å². The molecule has 1 N–H and O–H groups in total. The maximum Gasteiger partial charge on any atom is 0.355 e. The summed E-state index contributed by atoms with van der Waals surface area (Å²) in [5.41, 5.74) is 0.414. The number of fused-ring (bicyclic) bond motifs is 1. The molecule has 1 aromatic carbocycles. The lowest BCUT2D eigenvalue weighted by Gasteiger charge is -2.00. The maximum atomic E-state index is 11.6. The number of carbonyl (C=O) groups excluding carboxylic acids is 1. The Morgan fingerprint density at radius 2 is 2.33 bits per heavy atom. The molecule has 0 unspecified atom stereocenters. The van der Waals surface area contributed by atoms with Gasteiger partial charge in [-0.15, -0.1) is 0 Å². The van der Waals surface area contributed by atoms with Gasteiger partial charge in [0.15, 0.2) is 0 Å². The fourth-order valence-electron chi connectivity index (χ4n) is 1.51. The number of ether oxygens (including phenoxy) is 1. The second-order valence-corrected chi connectivity index (χ2v) is 3.50. The van der Waals surface area contributed by atoms with E-state index in [1.54, 1.807) is 19.2 Å². The van der Waals surface area contributed by atoms with Gasteiger partial charge in [0.05, 0.1) is 11.6 Å². The van der Waals surface area contributed by atoms with E-state index in [2.05, 4.69) is 4.98 Å². The zero-order chi connectivity index (χ0) is 10.8. The highest BCUT2D eigenvalue weighted by molar-refractivity contribution is 6.36. The zero-order valence-corrected chi connectivity index (χ0v) is 8.97. The van der Waals surface area contributed by atoms with Crippen molar-refractivity contribution in [3.05, 3.63) is 35.1 Å². The van der Waals surface area contributed by atoms with Crippen LogP contribution in [-0.2, 0) is 4.74 Å². The molecule has 3 nitrogen and oxygen atoms in total. The van der Waals surface area contributed by atoms with E-state index < -0.39 is 0 Å². The van der Waals surface area contributed by atoms with Crippen LogP contribution >= 0.6 is 11.6 Å². The summed E-state index contributed by atoms with van der Waals surface area (Å²) in [5.74, 6) is -0.374. The van der Waals surface area contributed by atoms with Crippen molar-refractivity contribution in [3.63, 3.8) is 0 Å². The molecule has 0 amide bonds. The number of H-pyrrole nitrogens is 1. The van der Waals surface area contributed by atoms with Crippen LogP contribution in [0.2, 0.25) is 5.02 Å². The van der Waals surface area contributed by atoms with Gasteiger partial charge in [-0.3, -0.25) is 0 Å². The molecule has 0 aliphatic carbocycles. The van der Waals surface area contributed by atoms with Crippen LogP contribution in [0.5, 0.6) is 0 Å². The highest BCUT2D eigenvalue weighted by Gasteiger charge is 2.14. The average Bonchev–Trinajstić information content (AvgIpc) is 2.63. The summed E-state index contributed by atoms with van der Waals surface area (Å²) in [7, 11) is 0. The van der Waals surface area contributed by atoms with Gasteiger partial charge >= 0.3 is 5.97 Å². The first-order valence-corrected chi connectivity index (χ1v) is 5.04. The van der Waals surface area contributed by atoms with Gasteiger partial charge in [0.2, 0.25) is 0 Å². The van der Waals surface area contributed by atoms with E-state index in [4.69, 9.17) is 16.3 Å². The summed E-state index contributed by atoms with van der Waals surface area (Å²) in [6.45, 7) is 2.12. The van der Waals surface area contributed by atoms with Gasteiger partial charge in [0.1, 0.15) is 5.69 Å². The molecule has 0 radical (unpaired) electrons. The Kier molecular flexibility index (Phi) is 2.64. The van der Waals surface area contributed by atoms with Crippen LogP contribution in [0.4, 0.5) is 0 Å². The van der Waals surface area contributed by atoms with Crippen LogP contribution in [0.15, 0.2) is 24.4 Å². The molecule has 15 heavy (non-hydrogen) atoms. The topological polar surface area (TPSA) is 42.1 Å². The van der Waals surface area contributed by atoms with Crippen molar-refractivity contribution in [1.82, 2.24) is 4.98 Å². The maximum absolute atomic E-state index is 11.6. The third-order valence-electron chi connectivity index (χ3n) is 2.15. The lowest BCUT2D eigenvalue weighted by Crippen LogP contribution is -2.05. The fourth-order valence-corrected chi connectivity index (χ4v) is 1.79. The molecule has 2 aromatic rings. The van der Waals surface area contributed by atoms with E-state index in [0.717, 1.165) is 10.8 Å². The number of carbonyl (C=O) groups is 1. The molecule has 0 aliphatic rings. The summed E-state index contributed by atoms with van der Waals surface area (Å²) in [6, 6.07) is 5.48. The van der Waals surface area contributed by atoms with Crippen molar-refractivity contribution in [2.75, 3.05) is 6.61 Å². The van der Waals surface area contributed by atoms with Crippen LogP contribution in [0.1, 0.15) is 17.4 Å². The summed E-state index contributed by atoms with van der Waals surface area (Å²) < 4.78 is 4.92. The van der Waals surface area contributed by atoms with Gasteiger partial charge in [-0.1, -0.05) is 23.7 Å². The minimum Gasteiger partial charge on any atom is -0.461 e. The van der Waals surface area contributed by atoms with Crippen LogP contribution < -0.4 is 0 Å². The van der Waals surface area contributed by atoms with E-state index in [-0.39, 0.29) is 5.97 Å². The van der Waals surface area contributed by atoms with Gasteiger partial charge in [0.25, 0.3) is 0 Å². The minimum absolute atomic E-state index is 0.351. The number of rotatable bonds is 2. The molecule has 78 valence electrons. The predicted octanol–water partition coefficient (Wildman–Crippen LogP) is 3.00. The number of esters is 1. The Balaban J connectivity index is 2.57. The Morgan fingerprint density at radius 3 is 3.07 bits per heavy atom. The Hall–Kier alpha value is -1.48. The monoisotopic (exact) mass is 223 g/mol. The quantitative estimate of drug-likeness (QED) is 0.796. The number of halogens is 1. The van der Waals surface area contributed by atoms with Crippen LogP contribution in [0.3, 0.4) is 0 Å². The lowest BCUT2D eigenvalue weighted by atomic mass is 10.2. The summed E-state index contributed by atoms with van der Waals surface area (Å²) in [5, 5.41) is 2.18. The van der Waals surface area contributed by atoms with Crippen molar-refractivity contribution < 1.29 is 9.53 Å². The molecule has 1 aromatic heterocycles. The third kappa shape index (κ3) is 1.70. The molecule has 0 atom stereocenters. The zero-order valence-electron chi connectivity index (χ0n) is 8.21. The molecule has 0 saturated carbocycles. The van der Waals surface area contributed by atoms with Gasteiger partial charge in [-0.2, -0.15) is 0 Å². The molecule has 2 rings (SSSR count). The van der Waals surface area contributed by atoms with Crippen molar-refractivity contribution >= 4 is 28.3 Å². The number of hydrogen-bond donors (Lipinski definition) is 1. The second-order valence-electron chi connectivity index (χ2n) is 3.09. The number of aromatic amines is 1. The number of aromatic nitrogens is 1. The van der Waals surface area contributed by atoms with Crippen molar-refractivity contribution in [1.29, 1.82) is 0 Å². The largest absolute Gasteiger partial charge is 0.461 e. The first kappa shape index (κ1) is 10.1. The first-order chi connectivity index (χ1) is 7.24. The van der Waals surface area contributed by atoms with Gasteiger partial charge in [0, 0.05) is 17.0 Å². The number of nitrogens with one attached hydrogen (secondary N) is 1. The Labute approximate surface area is 92.0 Å². The smallest absolute Gasteiger partial charge is 0.355 e. The van der Waals surface area contributed by atoms with Crippen LogP contribution in [-0.4, -0.2) is 17.6 Å². The molecule has 0 aliphatic heterocycles. The van der Waals surface area contributed by atoms with E-state index in [9.17, 15) is 4.79 Å². The van der Waals surface area contributed by atoms with Crippen LogP contribution in [0.25, 0.3) is 10.8 Å². The molecule has 0 spiro atoms. The van der Waals surface area contributed by atoms with E-state index in [1.165, 1.54) is 0 Å². The second kappa shape index (κ2) is 3.95. The Morgan fingerprint density at radius 1 is 1.53 bits per heavy atom. The van der Waals surface area contributed by atoms with E-state index >= 15 is 0 Å². The highest BCUT2D eigenvalue weighted by Crippen LogP contribution is 2.26. The average molecular weight is 224 g/mol. The summed E-state index contributed by atoms with van der Waals surface area (Å²) >= 11 is 6.02. The molecular formula is C11H10ClNO2. The summed E-state index contributed by atoms with van der Waals surface area (Å²) in [6.07, 6.45) is 1.74. The van der Waals surface area contributed by atoms with Gasteiger partial charge in [-0.25, -0.2) is 4.79 Å². The molecule has 0 saturated heterocycles. The normalized spacial score (nSPS) is 10.5. The number of benzene rings is 1. The predicted molar refractivity (Wildman–Crippen MR) is 59.3 cm³/mol. The molecule has 0 bridgehead atoms. The molecule has 1 heterocycles. The Bertz CT molecular complexity index is 504. The van der Waals surface area contributed by atoms with Crippen molar-refractivity contribution in [2.45, 2.75) is 6.92 Å². The fraction of sp³-hybridized carbons (Fsp3) is 0.182. The van der Waals surface area contributed by atoms with E-state index in [1.807, 2.05) is 12.1 Å². The van der Waals surface area contributed by atoms with Crippen LogP contribution in [0, 0.1) is 0 Å². The van der Waals surface area contributed by atoms with Gasteiger partial charge < -0.3 is 9.72 Å². The molecule has 4 heteroatoms. The number of hydrogen-bond acceptors (Lipinski definition) is 2. The van der Waals surface area contributed by atoms with Gasteiger partial charge in [-0.05, 0) is 13.0 Å². The van der Waals surface area contributed by atoms with Crippen molar-refractivity contribution in [2.24, 2.45) is 0 Å². The third-order valence-corrected chi connectivity index (χ3v) is 2.46. The van der Waals surface area contributed by atoms with Crippen molar-refractivity contribution in [3.8, 4) is 0 Å². The molecule has 0 fully saturated rings. The molecular weight excluding hydrogens is 214 g/mol. The highest BCUT2D eigenvalue weighted by atomic mass is 35.5. The first-order valence-electron chi connectivity index (χ1n) is 4.66. The lowest BCUT2D eigenvalue weighted by molar-refractivity contribution is 0.0522. The SMILES string of the molecule is CCOC(=O)c1[nH]cc2cccc(Cl)c12.